The topological polar surface area (TPSA) is 49.7 Å². The van der Waals surface area contributed by atoms with Gasteiger partial charge in [-0.1, -0.05) is 13.3 Å². The predicted molar refractivity (Wildman–Crippen MR) is 48.4 cm³/mol. The van der Waals surface area contributed by atoms with Gasteiger partial charge in [-0.05, 0) is 6.42 Å². The largest absolute Gasteiger partial charge is 0.393 e. The van der Waals surface area contributed by atoms with Crippen molar-refractivity contribution in [1.29, 1.82) is 0 Å². The van der Waals surface area contributed by atoms with Crippen LogP contribution in [-0.2, 0) is 4.74 Å². The molecule has 92 valence electrons. The molecule has 15 heavy (non-hydrogen) atoms. The van der Waals surface area contributed by atoms with Gasteiger partial charge in [0, 0.05) is 0 Å². The van der Waals surface area contributed by atoms with Crippen LogP contribution in [0.4, 0.5) is 13.2 Å². The van der Waals surface area contributed by atoms with Crippen molar-refractivity contribution in [2.45, 2.75) is 38.0 Å². The van der Waals surface area contributed by atoms with E-state index < -0.39 is 38.0 Å². The van der Waals surface area contributed by atoms with Crippen molar-refractivity contribution in [2.75, 3.05) is 19.8 Å². The van der Waals surface area contributed by atoms with E-state index >= 15 is 0 Å². The van der Waals surface area contributed by atoms with Gasteiger partial charge in [0.15, 0.2) is 0 Å². The summed E-state index contributed by atoms with van der Waals surface area (Å²) in [5, 5.41) is 17.9. The van der Waals surface area contributed by atoms with E-state index in [4.69, 9.17) is 14.9 Å². The molecule has 3 nitrogen and oxygen atoms in total. The summed E-state index contributed by atoms with van der Waals surface area (Å²) >= 11 is 0. The molecule has 0 aromatic carbocycles. The zero-order valence-electron chi connectivity index (χ0n) is 8.68. The maximum atomic E-state index is 11.8. The minimum atomic E-state index is -4.27. The molecule has 2 N–H and O–H groups in total. The van der Waals surface area contributed by atoms with E-state index in [1.54, 1.807) is 6.92 Å². The van der Waals surface area contributed by atoms with E-state index in [9.17, 15) is 13.2 Å². The Morgan fingerprint density at radius 3 is 1.93 bits per heavy atom. The lowest BCUT2D eigenvalue weighted by atomic mass is 10.00. The van der Waals surface area contributed by atoms with Crippen molar-refractivity contribution in [3.05, 3.63) is 0 Å². The second-order valence-corrected chi connectivity index (χ2v) is 3.46. The summed E-state index contributed by atoms with van der Waals surface area (Å²) in [7, 11) is 0. The number of rotatable bonds is 7. The monoisotopic (exact) mass is 230 g/mol. The summed E-state index contributed by atoms with van der Waals surface area (Å²) < 4.78 is 40.4. The van der Waals surface area contributed by atoms with Crippen LogP contribution in [0.3, 0.4) is 0 Å². The molecule has 6 heteroatoms. The molecule has 0 rings (SSSR count). The summed E-state index contributed by atoms with van der Waals surface area (Å²) in [5.74, 6) is 0. The van der Waals surface area contributed by atoms with Gasteiger partial charge < -0.3 is 14.9 Å². The SMILES string of the molecule is CCCC(CO)(CO)OCCC(F)(F)F. The minimum absolute atomic E-state index is 0.331. The Bertz CT molecular complexity index is 166. The zero-order chi connectivity index (χ0) is 11.9. The summed E-state index contributed by atoms with van der Waals surface area (Å²) in [4.78, 5) is 0. The third-order valence-electron chi connectivity index (χ3n) is 2.08. The molecule has 0 aromatic rings. The third-order valence-corrected chi connectivity index (χ3v) is 2.08. The Hall–Kier alpha value is -0.330. The van der Waals surface area contributed by atoms with Crippen LogP contribution in [0.2, 0.25) is 0 Å². The van der Waals surface area contributed by atoms with Gasteiger partial charge in [0.2, 0.25) is 0 Å². The number of aliphatic hydroxyl groups excluding tert-OH is 2. The molecular weight excluding hydrogens is 213 g/mol. The molecule has 0 saturated carbocycles. The molecule has 0 amide bonds. The van der Waals surface area contributed by atoms with E-state index in [1.807, 2.05) is 0 Å². The summed E-state index contributed by atoms with van der Waals surface area (Å²) in [5.41, 5.74) is -1.24. The maximum Gasteiger partial charge on any atom is 0.391 e. The van der Waals surface area contributed by atoms with Gasteiger partial charge in [-0.25, -0.2) is 0 Å². The molecule has 0 aromatic heterocycles. The highest BCUT2D eigenvalue weighted by Crippen LogP contribution is 2.23. The standard InChI is InChI=1S/C9H17F3O3/c1-2-3-8(6-13,7-14)15-5-4-9(10,11)12/h13-14H,2-7H2,1H3. The molecule has 0 unspecified atom stereocenters. The van der Waals surface area contributed by atoms with Crippen LogP contribution in [-0.4, -0.2) is 41.8 Å². The van der Waals surface area contributed by atoms with Crippen LogP contribution in [0.1, 0.15) is 26.2 Å². The van der Waals surface area contributed by atoms with Crippen LogP contribution >= 0.6 is 0 Å². The van der Waals surface area contributed by atoms with Gasteiger partial charge in [0.05, 0.1) is 26.2 Å². The summed E-state index contributed by atoms with van der Waals surface area (Å²) in [6.07, 6.45) is -4.40. The van der Waals surface area contributed by atoms with E-state index in [0.29, 0.717) is 12.8 Å². The quantitative estimate of drug-likeness (QED) is 0.696. The number of aliphatic hydroxyl groups is 2. The fraction of sp³-hybridized carbons (Fsp3) is 1.00. The van der Waals surface area contributed by atoms with Crippen LogP contribution < -0.4 is 0 Å². The average Bonchev–Trinajstić information content (AvgIpc) is 2.14. The van der Waals surface area contributed by atoms with E-state index in [2.05, 4.69) is 0 Å². The maximum absolute atomic E-state index is 11.8. The van der Waals surface area contributed by atoms with Gasteiger partial charge >= 0.3 is 6.18 Å². The highest BCUT2D eigenvalue weighted by atomic mass is 19.4. The Labute approximate surface area is 86.9 Å². The van der Waals surface area contributed by atoms with Gasteiger partial charge in [-0.15, -0.1) is 0 Å². The Kier molecular flexibility index (Phi) is 6.16. The fourth-order valence-corrected chi connectivity index (χ4v) is 1.21. The zero-order valence-corrected chi connectivity index (χ0v) is 8.68. The average molecular weight is 230 g/mol. The van der Waals surface area contributed by atoms with Crippen molar-refractivity contribution in [1.82, 2.24) is 0 Å². The normalized spacial score (nSPS) is 13.2. The second-order valence-electron chi connectivity index (χ2n) is 3.46. The first kappa shape index (κ1) is 14.7. The number of ether oxygens (including phenoxy) is 1. The number of hydrogen-bond acceptors (Lipinski definition) is 3. The second kappa shape index (κ2) is 6.30. The number of halogens is 3. The first-order valence-electron chi connectivity index (χ1n) is 4.81. The van der Waals surface area contributed by atoms with E-state index in [0.717, 1.165) is 0 Å². The molecule has 0 aliphatic rings. The predicted octanol–water partition coefficient (Wildman–Crippen LogP) is 1.48. The number of hydrogen-bond donors (Lipinski definition) is 2. The smallest absolute Gasteiger partial charge is 0.391 e. The minimum Gasteiger partial charge on any atom is -0.393 e. The van der Waals surface area contributed by atoms with Crippen molar-refractivity contribution in [3.63, 3.8) is 0 Å². The van der Waals surface area contributed by atoms with Gasteiger partial charge in [-0.2, -0.15) is 13.2 Å². The molecule has 0 spiro atoms. The molecular formula is C9H17F3O3. The summed E-state index contributed by atoms with van der Waals surface area (Å²) in [6, 6.07) is 0. The van der Waals surface area contributed by atoms with Crippen LogP contribution in [0.25, 0.3) is 0 Å². The molecule has 0 aliphatic carbocycles. The van der Waals surface area contributed by atoms with Crippen molar-refractivity contribution < 1.29 is 28.1 Å². The van der Waals surface area contributed by atoms with Crippen LogP contribution in [0, 0.1) is 0 Å². The first-order valence-corrected chi connectivity index (χ1v) is 4.81. The Morgan fingerprint density at radius 2 is 1.60 bits per heavy atom. The van der Waals surface area contributed by atoms with Gasteiger partial charge in [-0.3, -0.25) is 0 Å². The molecule has 0 radical (unpaired) electrons. The van der Waals surface area contributed by atoms with Crippen molar-refractivity contribution in [3.8, 4) is 0 Å². The summed E-state index contributed by atoms with van der Waals surface area (Å²) in [6.45, 7) is 0.308. The number of alkyl halides is 3. The lowest BCUT2D eigenvalue weighted by Gasteiger charge is -2.29. The lowest BCUT2D eigenvalue weighted by Crippen LogP contribution is -2.41. The van der Waals surface area contributed by atoms with E-state index in [-0.39, 0.29) is 0 Å². The van der Waals surface area contributed by atoms with Gasteiger partial charge in [0.25, 0.3) is 0 Å². The molecule has 0 atom stereocenters. The van der Waals surface area contributed by atoms with Gasteiger partial charge in [0.1, 0.15) is 5.60 Å². The molecule has 0 bridgehead atoms. The highest BCUT2D eigenvalue weighted by Gasteiger charge is 2.32. The molecule has 0 saturated heterocycles. The molecule has 0 heterocycles. The van der Waals surface area contributed by atoms with Crippen molar-refractivity contribution in [2.24, 2.45) is 0 Å². The Morgan fingerprint density at radius 1 is 1.07 bits per heavy atom. The molecule has 0 aliphatic heterocycles. The Balaban J connectivity index is 4.06. The lowest BCUT2D eigenvalue weighted by molar-refractivity contribution is -0.171. The third kappa shape index (κ3) is 5.96. The fourth-order valence-electron chi connectivity index (χ4n) is 1.21. The molecule has 0 fully saturated rings. The first-order chi connectivity index (χ1) is 6.89. The van der Waals surface area contributed by atoms with Crippen LogP contribution in [0.5, 0.6) is 0 Å². The highest BCUT2D eigenvalue weighted by molar-refractivity contribution is 4.78. The van der Waals surface area contributed by atoms with Crippen molar-refractivity contribution >= 4 is 0 Å². The van der Waals surface area contributed by atoms with E-state index in [1.165, 1.54) is 0 Å². The van der Waals surface area contributed by atoms with Crippen LogP contribution in [0.15, 0.2) is 0 Å².